The Labute approximate surface area is 98.6 Å². The third-order valence-electron chi connectivity index (χ3n) is 2.14. The normalized spacial score (nSPS) is 10.2. The van der Waals surface area contributed by atoms with E-state index < -0.39 is 4.92 Å². The molecule has 0 N–H and O–H groups in total. The second kappa shape index (κ2) is 5.12. The SMILES string of the molecule is O=[N+]([O-])[C](Oc1ccccc1)c1ccccc1. The lowest BCUT2D eigenvalue weighted by molar-refractivity contribution is -0.491. The highest BCUT2D eigenvalue weighted by molar-refractivity contribution is 5.28. The minimum absolute atomic E-state index is 0.267. The predicted molar refractivity (Wildman–Crippen MR) is 62.9 cm³/mol. The average Bonchev–Trinajstić information content (AvgIpc) is 2.38. The van der Waals surface area contributed by atoms with E-state index in [2.05, 4.69) is 0 Å². The van der Waals surface area contributed by atoms with E-state index >= 15 is 0 Å². The fourth-order valence-corrected chi connectivity index (χ4v) is 1.38. The molecule has 0 fully saturated rings. The summed E-state index contributed by atoms with van der Waals surface area (Å²) in [5, 5.41) is 10.9. The molecule has 0 aliphatic heterocycles. The van der Waals surface area contributed by atoms with Crippen LogP contribution in [0.1, 0.15) is 5.56 Å². The van der Waals surface area contributed by atoms with Crippen molar-refractivity contribution in [3.8, 4) is 5.75 Å². The molecule has 85 valence electrons. The second-order valence-corrected chi connectivity index (χ2v) is 3.34. The number of nitrogens with zero attached hydrogens (tertiary/aromatic N) is 1. The van der Waals surface area contributed by atoms with Gasteiger partial charge in [0, 0.05) is 0 Å². The van der Waals surface area contributed by atoms with Crippen LogP contribution in [0.3, 0.4) is 0 Å². The summed E-state index contributed by atoms with van der Waals surface area (Å²) in [4.78, 5) is 10.4. The zero-order valence-corrected chi connectivity index (χ0v) is 8.95. The number of para-hydroxylation sites is 1. The van der Waals surface area contributed by atoms with Crippen molar-refractivity contribution >= 4 is 0 Å². The lowest BCUT2D eigenvalue weighted by atomic mass is 10.2. The van der Waals surface area contributed by atoms with Crippen LogP contribution in [0.25, 0.3) is 0 Å². The molecule has 4 heteroatoms. The topological polar surface area (TPSA) is 52.4 Å². The van der Waals surface area contributed by atoms with Crippen molar-refractivity contribution < 1.29 is 9.66 Å². The second-order valence-electron chi connectivity index (χ2n) is 3.34. The van der Waals surface area contributed by atoms with Gasteiger partial charge in [0.25, 0.3) is 0 Å². The summed E-state index contributed by atoms with van der Waals surface area (Å²) in [7, 11) is 0. The number of rotatable bonds is 4. The average molecular weight is 228 g/mol. The fourth-order valence-electron chi connectivity index (χ4n) is 1.38. The van der Waals surface area contributed by atoms with Gasteiger partial charge in [-0.05, 0) is 24.3 Å². The molecule has 17 heavy (non-hydrogen) atoms. The molecule has 2 rings (SSSR count). The van der Waals surface area contributed by atoms with Crippen molar-refractivity contribution in [2.75, 3.05) is 0 Å². The number of nitro groups is 1. The van der Waals surface area contributed by atoms with Gasteiger partial charge in [0.1, 0.15) is 5.75 Å². The van der Waals surface area contributed by atoms with Gasteiger partial charge in [-0.1, -0.05) is 36.4 Å². The number of hydrogen-bond donors (Lipinski definition) is 0. The van der Waals surface area contributed by atoms with E-state index in [1.165, 1.54) is 0 Å². The monoisotopic (exact) mass is 228 g/mol. The van der Waals surface area contributed by atoms with Crippen molar-refractivity contribution in [2.24, 2.45) is 0 Å². The Morgan fingerprint density at radius 2 is 1.47 bits per heavy atom. The Kier molecular flexibility index (Phi) is 3.35. The van der Waals surface area contributed by atoms with Gasteiger partial charge in [-0.25, -0.2) is 0 Å². The number of ether oxygens (including phenoxy) is 1. The molecule has 1 radical (unpaired) electrons. The Morgan fingerprint density at radius 1 is 0.941 bits per heavy atom. The molecule has 0 aliphatic rings. The Hall–Kier alpha value is -2.36. The van der Waals surface area contributed by atoms with E-state index in [0.717, 1.165) is 0 Å². The minimum atomic E-state index is -0.525. The molecule has 0 atom stereocenters. The maximum absolute atomic E-state index is 10.9. The summed E-state index contributed by atoms with van der Waals surface area (Å²) in [6.45, 7) is 0. The van der Waals surface area contributed by atoms with Crippen LogP contribution in [0.5, 0.6) is 5.75 Å². The molecule has 0 saturated carbocycles. The summed E-state index contributed by atoms with van der Waals surface area (Å²) >= 11 is 0. The van der Waals surface area contributed by atoms with E-state index in [1.807, 2.05) is 6.07 Å². The smallest absolute Gasteiger partial charge is 0.416 e. The highest BCUT2D eigenvalue weighted by Crippen LogP contribution is 2.20. The number of hydrogen-bond acceptors (Lipinski definition) is 3. The van der Waals surface area contributed by atoms with Crippen LogP contribution >= 0.6 is 0 Å². The van der Waals surface area contributed by atoms with Crippen LogP contribution < -0.4 is 4.74 Å². The van der Waals surface area contributed by atoms with Crippen LogP contribution in [0.2, 0.25) is 0 Å². The fraction of sp³-hybridized carbons (Fsp3) is 0. The summed E-state index contributed by atoms with van der Waals surface area (Å²) < 4.78 is 5.28. The van der Waals surface area contributed by atoms with E-state index in [4.69, 9.17) is 4.74 Å². The molecule has 4 nitrogen and oxygen atoms in total. The van der Waals surface area contributed by atoms with Crippen molar-refractivity contribution in [3.63, 3.8) is 0 Å². The van der Waals surface area contributed by atoms with Gasteiger partial charge in [0.05, 0.1) is 10.5 Å². The van der Waals surface area contributed by atoms with Gasteiger partial charge in [0.2, 0.25) is 0 Å². The summed E-state index contributed by atoms with van der Waals surface area (Å²) in [6.07, 6.45) is -0.267. The largest absolute Gasteiger partial charge is 0.504 e. The molecular weight excluding hydrogens is 218 g/mol. The van der Waals surface area contributed by atoms with Crippen LogP contribution in [-0.2, 0) is 0 Å². The molecule has 0 aromatic heterocycles. The van der Waals surface area contributed by atoms with Gasteiger partial charge >= 0.3 is 6.23 Å². The molecule has 0 bridgehead atoms. The lowest BCUT2D eigenvalue weighted by Gasteiger charge is -2.08. The molecular formula is C13H10NO3. The molecule has 0 unspecified atom stereocenters. The quantitative estimate of drug-likeness (QED) is 0.597. The van der Waals surface area contributed by atoms with Crippen LogP contribution in [0.4, 0.5) is 0 Å². The van der Waals surface area contributed by atoms with Gasteiger partial charge in [-0.15, -0.1) is 0 Å². The van der Waals surface area contributed by atoms with Gasteiger partial charge in [-0.3, -0.25) is 10.1 Å². The predicted octanol–water partition coefficient (Wildman–Crippen LogP) is 2.88. The Bertz CT molecular complexity index is 485. The first-order valence-electron chi connectivity index (χ1n) is 5.07. The Balaban J connectivity index is 2.23. The lowest BCUT2D eigenvalue weighted by Crippen LogP contribution is -2.18. The number of benzene rings is 2. The first kappa shape index (κ1) is 11.1. The van der Waals surface area contributed by atoms with Gasteiger partial charge in [-0.2, -0.15) is 0 Å². The van der Waals surface area contributed by atoms with E-state index in [1.54, 1.807) is 54.6 Å². The van der Waals surface area contributed by atoms with Crippen molar-refractivity contribution in [2.45, 2.75) is 0 Å². The zero-order chi connectivity index (χ0) is 12.1. The standard InChI is InChI=1S/C13H10NO3/c15-14(16)13(11-7-3-1-4-8-11)17-12-9-5-2-6-10-12/h1-10H. The van der Waals surface area contributed by atoms with E-state index in [9.17, 15) is 10.1 Å². The van der Waals surface area contributed by atoms with Crippen molar-refractivity contribution in [3.05, 3.63) is 82.6 Å². The summed E-state index contributed by atoms with van der Waals surface area (Å²) in [5.41, 5.74) is 0.446. The molecule has 0 amide bonds. The van der Waals surface area contributed by atoms with Crippen LogP contribution in [0, 0.1) is 16.3 Å². The minimum Gasteiger partial charge on any atom is -0.416 e. The molecule has 0 saturated heterocycles. The van der Waals surface area contributed by atoms with Crippen LogP contribution in [-0.4, -0.2) is 4.92 Å². The molecule has 0 heterocycles. The van der Waals surface area contributed by atoms with Gasteiger partial charge < -0.3 is 4.74 Å². The highest BCUT2D eigenvalue weighted by Gasteiger charge is 2.29. The third-order valence-corrected chi connectivity index (χ3v) is 2.14. The molecule has 0 aliphatic carbocycles. The molecule has 2 aromatic rings. The molecule has 0 spiro atoms. The summed E-state index contributed by atoms with van der Waals surface area (Å²) in [6, 6.07) is 17.2. The maximum Gasteiger partial charge on any atom is 0.504 e. The van der Waals surface area contributed by atoms with E-state index in [0.29, 0.717) is 11.3 Å². The first-order valence-corrected chi connectivity index (χ1v) is 5.07. The highest BCUT2D eigenvalue weighted by atomic mass is 16.7. The first-order chi connectivity index (χ1) is 8.27. The van der Waals surface area contributed by atoms with Crippen molar-refractivity contribution in [1.82, 2.24) is 0 Å². The maximum atomic E-state index is 10.9. The zero-order valence-electron chi connectivity index (χ0n) is 8.95. The van der Waals surface area contributed by atoms with E-state index in [-0.39, 0.29) is 6.23 Å². The van der Waals surface area contributed by atoms with Crippen molar-refractivity contribution in [1.29, 1.82) is 0 Å². The Morgan fingerprint density at radius 3 is 2.00 bits per heavy atom. The third kappa shape index (κ3) is 2.81. The van der Waals surface area contributed by atoms with Gasteiger partial charge in [0.15, 0.2) is 0 Å². The van der Waals surface area contributed by atoms with Crippen LogP contribution in [0.15, 0.2) is 60.7 Å². The summed E-state index contributed by atoms with van der Waals surface area (Å²) in [5.74, 6) is 0.447. The molecule has 2 aromatic carbocycles.